The SMILES string of the molecule is CCCCCOC1(C#N)C=CC(C(=O)O)=C(c2ccccc2)C1. The standard InChI is InChI=1S/C19H21NO3/c1-2-3-7-12-23-19(14-20)11-10-16(18(21)22)17(13-19)15-8-5-4-6-9-15/h4-6,8-11H,2-3,7,12-13H2,1H3,(H,21,22). The minimum absolute atomic E-state index is 0.222. The van der Waals surface area contributed by atoms with E-state index in [-0.39, 0.29) is 12.0 Å². The lowest BCUT2D eigenvalue weighted by atomic mass is 9.83. The molecule has 1 aromatic carbocycles. The van der Waals surface area contributed by atoms with Crippen LogP contribution in [-0.2, 0) is 9.53 Å². The van der Waals surface area contributed by atoms with Crippen molar-refractivity contribution in [1.82, 2.24) is 0 Å². The molecule has 1 aliphatic rings. The molecular weight excluding hydrogens is 290 g/mol. The Hall–Kier alpha value is -2.38. The molecule has 0 amide bonds. The predicted octanol–water partition coefficient (Wildman–Crippen LogP) is 3.95. The van der Waals surface area contributed by atoms with Gasteiger partial charge in [0.05, 0.1) is 5.57 Å². The summed E-state index contributed by atoms with van der Waals surface area (Å²) in [7, 11) is 0. The number of nitrogens with zero attached hydrogens (tertiary/aromatic N) is 1. The van der Waals surface area contributed by atoms with Gasteiger partial charge in [0, 0.05) is 13.0 Å². The summed E-state index contributed by atoms with van der Waals surface area (Å²) in [6.45, 7) is 2.60. The molecule has 4 heteroatoms. The topological polar surface area (TPSA) is 70.3 Å². The van der Waals surface area contributed by atoms with Gasteiger partial charge in [0.1, 0.15) is 6.07 Å². The smallest absolute Gasteiger partial charge is 0.335 e. The number of benzene rings is 1. The van der Waals surface area contributed by atoms with Crippen LogP contribution < -0.4 is 0 Å². The third-order valence-corrected chi connectivity index (χ3v) is 3.93. The fraction of sp³-hybridized carbons (Fsp3) is 0.368. The Bertz CT molecular complexity index is 655. The predicted molar refractivity (Wildman–Crippen MR) is 88.6 cm³/mol. The van der Waals surface area contributed by atoms with Crippen LogP contribution in [0.15, 0.2) is 48.1 Å². The van der Waals surface area contributed by atoms with Crippen LogP contribution in [0.3, 0.4) is 0 Å². The molecule has 1 aromatic rings. The van der Waals surface area contributed by atoms with Gasteiger partial charge in [0.25, 0.3) is 0 Å². The molecule has 2 rings (SSSR count). The highest BCUT2D eigenvalue weighted by atomic mass is 16.5. The van der Waals surface area contributed by atoms with Crippen molar-refractivity contribution < 1.29 is 14.6 Å². The van der Waals surface area contributed by atoms with E-state index in [9.17, 15) is 15.2 Å². The summed E-state index contributed by atoms with van der Waals surface area (Å²) < 4.78 is 5.83. The number of aliphatic carboxylic acids is 1. The minimum atomic E-state index is -1.09. The first-order valence-electron chi connectivity index (χ1n) is 7.88. The Morgan fingerprint density at radius 2 is 2.09 bits per heavy atom. The van der Waals surface area contributed by atoms with Crippen molar-refractivity contribution in [2.75, 3.05) is 6.61 Å². The Morgan fingerprint density at radius 3 is 2.70 bits per heavy atom. The highest BCUT2D eigenvalue weighted by Gasteiger charge is 2.35. The molecule has 0 saturated heterocycles. The molecule has 1 unspecified atom stereocenters. The monoisotopic (exact) mass is 311 g/mol. The second kappa shape index (κ2) is 7.75. The molecule has 23 heavy (non-hydrogen) atoms. The van der Waals surface area contributed by atoms with Gasteiger partial charge in [-0.25, -0.2) is 4.79 Å². The molecule has 120 valence electrons. The summed E-state index contributed by atoms with van der Waals surface area (Å²) in [5.74, 6) is -0.988. The molecule has 0 aromatic heterocycles. The second-order valence-electron chi connectivity index (χ2n) is 5.63. The van der Waals surface area contributed by atoms with Crippen molar-refractivity contribution >= 4 is 11.5 Å². The van der Waals surface area contributed by atoms with Crippen molar-refractivity contribution in [3.05, 3.63) is 53.6 Å². The molecule has 0 aliphatic heterocycles. The number of unbranched alkanes of at least 4 members (excludes halogenated alkanes) is 2. The summed E-state index contributed by atoms with van der Waals surface area (Å²) in [4.78, 5) is 11.5. The van der Waals surface area contributed by atoms with Crippen molar-refractivity contribution in [3.63, 3.8) is 0 Å². The third kappa shape index (κ3) is 4.08. The number of hydrogen-bond acceptors (Lipinski definition) is 3. The van der Waals surface area contributed by atoms with E-state index < -0.39 is 11.6 Å². The highest BCUT2D eigenvalue weighted by Crippen LogP contribution is 2.36. The number of rotatable bonds is 7. The molecule has 1 N–H and O–H groups in total. The van der Waals surface area contributed by atoms with E-state index >= 15 is 0 Å². The molecule has 0 radical (unpaired) electrons. The normalized spacial score (nSPS) is 20.3. The van der Waals surface area contributed by atoms with Gasteiger partial charge in [-0.05, 0) is 29.7 Å². The third-order valence-electron chi connectivity index (χ3n) is 3.93. The number of carboxylic acids is 1. The van der Waals surface area contributed by atoms with Crippen LogP contribution in [0, 0.1) is 11.3 Å². The van der Waals surface area contributed by atoms with Crippen LogP contribution in [0.2, 0.25) is 0 Å². The highest BCUT2D eigenvalue weighted by molar-refractivity contribution is 6.00. The molecule has 0 spiro atoms. The van der Waals surface area contributed by atoms with Crippen molar-refractivity contribution in [2.45, 2.75) is 38.2 Å². The number of hydrogen-bond donors (Lipinski definition) is 1. The van der Waals surface area contributed by atoms with Crippen molar-refractivity contribution in [1.29, 1.82) is 5.26 Å². The van der Waals surface area contributed by atoms with E-state index in [1.807, 2.05) is 30.3 Å². The molecule has 1 aliphatic carbocycles. The zero-order chi connectivity index (χ0) is 16.7. The van der Waals surface area contributed by atoms with E-state index in [0.717, 1.165) is 24.8 Å². The van der Waals surface area contributed by atoms with Crippen molar-refractivity contribution in [3.8, 4) is 6.07 Å². The lowest BCUT2D eigenvalue weighted by Crippen LogP contribution is -2.32. The first-order chi connectivity index (χ1) is 11.1. The summed E-state index contributed by atoms with van der Waals surface area (Å²) in [5.41, 5.74) is 0.584. The molecule has 0 heterocycles. The van der Waals surface area contributed by atoms with E-state index in [1.165, 1.54) is 6.08 Å². The van der Waals surface area contributed by atoms with Crippen LogP contribution in [0.25, 0.3) is 5.57 Å². The van der Waals surface area contributed by atoms with E-state index in [1.54, 1.807) is 6.08 Å². The van der Waals surface area contributed by atoms with Crippen LogP contribution in [0.4, 0.5) is 0 Å². The van der Waals surface area contributed by atoms with Gasteiger partial charge in [-0.2, -0.15) is 5.26 Å². The fourth-order valence-electron chi connectivity index (χ4n) is 2.65. The average molecular weight is 311 g/mol. The maximum absolute atomic E-state index is 11.5. The summed E-state index contributed by atoms with van der Waals surface area (Å²) in [6, 6.07) is 11.5. The first-order valence-corrected chi connectivity index (χ1v) is 7.88. The van der Waals surface area contributed by atoms with Gasteiger partial charge in [-0.15, -0.1) is 0 Å². The molecule has 0 bridgehead atoms. The van der Waals surface area contributed by atoms with Crippen LogP contribution >= 0.6 is 0 Å². The van der Waals surface area contributed by atoms with Crippen LogP contribution in [-0.4, -0.2) is 23.3 Å². The lowest BCUT2D eigenvalue weighted by molar-refractivity contribution is -0.132. The van der Waals surface area contributed by atoms with Gasteiger partial charge in [0.2, 0.25) is 0 Å². The molecule has 0 saturated carbocycles. The maximum atomic E-state index is 11.5. The van der Waals surface area contributed by atoms with E-state index in [4.69, 9.17) is 4.74 Å². The van der Waals surface area contributed by atoms with Gasteiger partial charge in [-0.3, -0.25) is 0 Å². The largest absolute Gasteiger partial charge is 0.478 e. The number of carbonyl (C=O) groups is 1. The molecule has 1 atom stereocenters. The van der Waals surface area contributed by atoms with E-state index in [2.05, 4.69) is 13.0 Å². The van der Waals surface area contributed by atoms with Crippen molar-refractivity contribution in [2.24, 2.45) is 0 Å². The zero-order valence-corrected chi connectivity index (χ0v) is 13.3. The Labute approximate surface area is 136 Å². The summed E-state index contributed by atoms with van der Waals surface area (Å²) in [5, 5.41) is 19.0. The van der Waals surface area contributed by atoms with Crippen LogP contribution in [0.1, 0.15) is 38.2 Å². The molecule has 0 fully saturated rings. The Kier molecular flexibility index (Phi) is 5.72. The zero-order valence-electron chi connectivity index (χ0n) is 13.3. The minimum Gasteiger partial charge on any atom is -0.478 e. The first kappa shape index (κ1) is 17.0. The lowest BCUT2D eigenvalue weighted by Gasteiger charge is -2.29. The van der Waals surface area contributed by atoms with Crippen LogP contribution in [0.5, 0.6) is 0 Å². The number of nitriles is 1. The quantitative estimate of drug-likeness (QED) is 0.774. The Morgan fingerprint density at radius 1 is 1.35 bits per heavy atom. The second-order valence-corrected chi connectivity index (χ2v) is 5.63. The number of ether oxygens (including phenoxy) is 1. The number of carboxylic acid groups (broad SMARTS) is 1. The van der Waals surface area contributed by atoms with Gasteiger partial charge in [-0.1, -0.05) is 50.1 Å². The Balaban J connectivity index is 2.28. The van der Waals surface area contributed by atoms with Gasteiger partial charge >= 0.3 is 5.97 Å². The maximum Gasteiger partial charge on any atom is 0.335 e. The van der Waals surface area contributed by atoms with E-state index in [0.29, 0.717) is 12.2 Å². The van der Waals surface area contributed by atoms with Gasteiger partial charge < -0.3 is 9.84 Å². The average Bonchev–Trinajstić information content (AvgIpc) is 2.59. The summed E-state index contributed by atoms with van der Waals surface area (Å²) >= 11 is 0. The molecular formula is C19H21NO3. The molecule has 4 nitrogen and oxygen atoms in total. The fourth-order valence-corrected chi connectivity index (χ4v) is 2.65. The summed E-state index contributed by atoms with van der Waals surface area (Å²) in [6.07, 6.45) is 6.35. The van der Waals surface area contributed by atoms with Gasteiger partial charge in [0.15, 0.2) is 5.60 Å².